The Kier molecular flexibility index (Phi) is 50.8. The van der Waals surface area contributed by atoms with Gasteiger partial charge in [-0.3, -0.25) is 14.4 Å². The van der Waals surface area contributed by atoms with Gasteiger partial charge in [-0.25, -0.2) is 0 Å². The first kappa shape index (κ1) is 60.9. The zero-order valence-electron chi connectivity index (χ0n) is 42.4. The second-order valence-electron chi connectivity index (χ2n) is 18.9. The van der Waals surface area contributed by atoms with Gasteiger partial charge in [0.1, 0.15) is 13.2 Å². The zero-order chi connectivity index (χ0) is 45.8. The lowest BCUT2D eigenvalue weighted by Crippen LogP contribution is -2.30. The van der Waals surface area contributed by atoms with Gasteiger partial charge < -0.3 is 14.2 Å². The fourth-order valence-corrected chi connectivity index (χ4v) is 8.23. The highest BCUT2D eigenvalue weighted by molar-refractivity contribution is 5.71. The highest BCUT2D eigenvalue weighted by atomic mass is 16.6. The molecule has 6 heteroatoms. The van der Waals surface area contributed by atoms with Crippen molar-refractivity contribution in [2.45, 2.75) is 309 Å². The average molecular weight is 887 g/mol. The normalized spacial score (nSPS) is 12.1. The molecule has 0 N–H and O–H groups in total. The highest BCUT2D eigenvalue weighted by Gasteiger charge is 2.19. The van der Waals surface area contributed by atoms with Gasteiger partial charge in [0.2, 0.25) is 0 Å². The Morgan fingerprint density at radius 1 is 0.317 bits per heavy atom. The lowest BCUT2D eigenvalue weighted by molar-refractivity contribution is -0.167. The van der Waals surface area contributed by atoms with E-state index >= 15 is 0 Å². The third-order valence-electron chi connectivity index (χ3n) is 12.5. The molecule has 0 saturated heterocycles. The fourth-order valence-electron chi connectivity index (χ4n) is 8.23. The van der Waals surface area contributed by atoms with Crippen LogP contribution < -0.4 is 0 Å². The van der Waals surface area contributed by atoms with E-state index in [4.69, 9.17) is 14.2 Å². The molecule has 0 aliphatic carbocycles. The summed E-state index contributed by atoms with van der Waals surface area (Å²) in [5, 5.41) is 0. The summed E-state index contributed by atoms with van der Waals surface area (Å²) in [7, 11) is 0. The molecule has 370 valence electrons. The molecule has 0 radical (unpaired) electrons. The quantitative estimate of drug-likeness (QED) is 0.0262. The summed E-state index contributed by atoms with van der Waals surface area (Å²) in [5.74, 6) is -0.865. The number of carbonyl (C=O) groups is 3. The van der Waals surface area contributed by atoms with E-state index in [1.165, 1.54) is 186 Å². The van der Waals surface area contributed by atoms with Crippen LogP contribution in [0.5, 0.6) is 0 Å². The van der Waals surface area contributed by atoms with Crippen LogP contribution in [0, 0.1) is 0 Å². The molecular formula is C57H106O6. The number of rotatable bonds is 51. The molecule has 0 rings (SSSR count). The second-order valence-corrected chi connectivity index (χ2v) is 18.9. The Morgan fingerprint density at radius 2 is 0.587 bits per heavy atom. The Labute approximate surface area is 392 Å². The first-order valence-corrected chi connectivity index (χ1v) is 27.8. The number of carbonyl (C=O) groups excluding carboxylic acids is 3. The van der Waals surface area contributed by atoms with Crippen LogP contribution in [0.15, 0.2) is 24.3 Å². The molecule has 0 spiro atoms. The molecule has 0 heterocycles. The van der Waals surface area contributed by atoms with Crippen molar-refractivity contribution in [3.63, 3.8) is 0 Å². The van der Waals surface area contributed by atoms with Gasteiger partial charge in [0.05, 0.1) is 0 Å². The standard InChI is InChI=1S/C57H106O6/c1-4-7-10-13-16-19-22-25-28-30-32-35-38-41-44-47-50-56(59)62-53-54(52-61-55(58)49-46-43-40-37-34-31-27-24-21-18-15-12-9-6-3)63-57(60)51-48-45-42-39-36-33-29-26-23-20-17-14-11-8-5-2/h15,18,24,27,54H,4-14,16-17,19-23,25-26,28-53H2,1-3H3/b18-15+,27-24+/t54-/m1/s1. The number of allylic oxidation sites excluding steroid dienone is 4. The maximum atomic E-state index is 12.8. The number of hydrogen-bond acceptors (Lipinski definition) is 6. The number of unbranched alkanes of at least 4 members (excludes halogenated alkanes) is 36. The van der Waals surface area contributed by atoms with Crippen molar-refractivity contribution in [1.82, 2.24) is 0 Å². The molecule has 0 aromatic heterocycles. The number of esters is 3. The van der Waals surface area contributed by atoms with Crippen LogP contribution >= 0.6 is 0 Å². The van der Waals surface area contributed by atoms with Crippen molar-refractivity contribution in [3.05, 3.63) is 24.3 Å². The maximum Gasteiger partial charge on any atom is 0.306 e. The topological polar surface area (TPSA) is 78.9 Å². The van der Waals surface area contributed by atoms with Crippen molar-refractivity contribution in [2.75, 3.05) is 13.2 Å². The van der Waals surface area contributed by atoms with Gasteiger partial charge in [0, 0.05) is 19.3 Å². The lowest BCUT2D eigenvalue weighted by atomic mass is 10.0. The molecular weight excluding hydrogens is 781 g/mol. The van der Waals surface area contributed by atoms with E-state index in [9.17, 15) is 14.4 Å². The summed E-state index contributed by atoms with van der Waals surface area (Å²) in [6.45, 7) is 6.63. The van der Waals surface area contributed by atoms with Gasteiger partial charge in [0.25, 0.3) is 0 Å². The van der Waals surface area contributed by atoms with Crippen molar-refractivity contribution < 1.29 is 28.6 Å². The molecule has 0 amide bonds. The second kappa shape index (κ2) is 52.5. The summed E-state index contributed by atoms with van der Waals surface area (Å²) >= 11 is 0. The van der Waals surface area contributed by atoms with E-state index in [1.54, 1.807) is 0 Å². The first-order chi connectivity index (χ1) is 31.0. The van der Waals surface area contributed by atoms with E-state index in [2.05, 4.69) is 45.1 Å². The van der Waals surface area contributed by atoms with Crippen LogP contribution in [0.2, 0.25) is 0 Å². The minimum Gasteiger partial charge on any atom is -0.462 e. The number of hydrogen-bond donors (Lipinski definition) is 0. The SMILES string of the molecule is CCCC/C=C/C/C=C/CCCCCCCC(=O)OC[C@H](COC(=O)CCCCCCCCCCCCCCCCCC)OC(=O)CCCCCCCCCCCCCCCCC. The van der Waals surface area contributed by atoms with Crippen LogP contribution in [-0.4, -0.2) is 37.2 Å². The van der Waals surface area contributed by atoms with E-state index in [-0.39, 0.29) is 31.1 Å². The third kappa shape index (κ3) is 50.7. The first-order valence-electron chi connectivity index (χ1n) is 27.8. The summed E-state index contributed by atoms with van der Waals surface area (Å²) < 4.78 is 16.8. The molecule has 0 aromatic rings. The van der Waals surface area contributed by atoms with Gasteiger partial charge in [0.15, 0.2) is 6.10 Å². The summed E-state index contributed by atoms with van der Waals surface area (Å²) in [5.41, 5.74) is 0. The van der Waals surface area contributed by atoms with Gasteiger partial charge in [-0.1, -0.05) is 263 Å². The molecule has 0 aliphatic heterocycles. The third-order valence-corrected chi connectivity index (χ3v) is 12.5. The van der Waals surface area contributed by atoms with E-state index in [0.29, 0.717) is 19.3 Å². The monoisotopic (exact) mass is 887 g/mol. The summed E-state index contributed by atoms with van der Waals surface area (Å²) in [6.07, 6.45) is 60.2. The molecule has 0 saturated carbocycles. The van der Waals surface area contributed by atoms with E-state index < -0.39 is 6.10 Å². The minimum absolute atomic E-state index is 0.0703. The lowest BCUT2D eigenvalue weighted by Gasteiger charge is -2.18. The predicted octanol–water partition coefficient (Wildman–Crippen LogP) is 18.3. The van der Waals surface area contributed by atoms with Crippen molar-refractivity contribution in [2.24, 2.45) is 0 Å². The zero-order valence-corrected chi connectivity index (χ0v) is 42.4. The number of ether oxygens (including phenoxy) is 3. The van der Waals surface area contributed by atoms with Crippen LogP contribution in [0.3, 0.4) is 0 Å². The minimum atomic E-state index is -0.771. The molecule has 0 fully saturated rings. The largest absolute Gasteiger partial charge is 0.462 e. The molecule has 0 bridgehead atoms. The Morgan fingerprint density at radius 3 is 0.921 bits per heavy atom. The summed E-state index contributed by atoms with van der Waals surface area (Å²) in [4.78, 5) is 38.1. The molecule has 0 unspecified atom stereocenters. The smallest absolute Gasteiger partial charge is 0.306 e. The van der Waals surface area contributed by atoms with Gasteiger partial charge in [-0.05, 0) is 44.9 Å². The van der Waals surface area contributed by atoms with Crippen LogP contribution in [0.4, 0.5) is 0 Å². The van der Waals surface area contributed by atoms with Gasteiger partial charge >= 0.3 is 17.9 Å². The molecule has 6 nitrogen and oxygen atoms in total. The van der Waals surface area contributed by atoms with Crippen molar-refractivity contribution in [1.29, 1.82) is 0 Å². The van der Waals surface area contributed by atoms with Crippen LogP contribution in [0.1, 0.15) is 303 Å². The fraction of sp³-hybridized carbons (Fsp3) is 0.877. The van der Waals surface area contributed by atoms with Crippen LogP contribution in [0.25, 0.3) is 0 Å². The maximum absolute atomic E-state index is 12.8. The van der Waals surface area contributed by atoms with Crippen LogP contribution in [-0.2, 0) is 28.6 Å². The Hall–Kier alpha value is -2.11. The van der Waals surface area contributed by atoms with Crippen molar-refractivity contribution >= 4 is 17.9 Å². The molecule has 1 atom stereocenters. The molecule has 63 heavy (non-hydrogen) atoms. The molecule has 0 aliphatic rings. The van der Waals surface area contributed by atoms with E-state index in [1.807, 2.05) is 0 Å². The average Bonchev–Trinajstić information content (AvgIpc) is 3.28. The van der Waals surface area contributed by atoms with Gasteiger partial charge in [-0.2, -0.15) is 0 Å². The highest BCUT2D eigenvalue weighted by Crippen LogP contribution is 2.17. The summed E-state index contributed by atoms with van der Waals surface area (Å²) in [6, 6.07) is 0. The molecule has 0 aromatic carbocycles. The Bertz CT molecular complexity index is 1020. The van der Waals surface area contributed by atoms with E-state index in [0.717, 1.165) is 77.0 Å². The Balaban J connectivity index is 4.34. The van der Waals surface area contributed by atoms with Gasteiger partial charge in [-0.15, -0.1) is 0 Å². The van der Waals surface area contributed by atoms with Crippen molar-refractivity contribution in [3.8, 4) is 0 Å². The predicted molar refractivity (Wildman–Crippen MR) is 270 cm³/mol.